The highest BCUT2D eigenvalue weighted by Crippen LogP contribution is 2.17. The average molecular weight is 224 g/mol. The lowest BCUT2D eigenvalue weighted by Crippen LogP contribution is -2.20. The second-order valence-corrected chi connectivity index (χ2v) is 3.60. The second-order valence-electron chi connectivity index (χ2n) is 3.60. The van der Waals surface area contributed by atoms with Crippen LogP contribution in [0.1, 0.15) is 24.9 Å². The van der Waals surface area contributed by atoms with Crippen molar-refractivity contribution in [3.63, 3.8) is 0 Å². The number of nitrogens with zero attached hydrogens (tertiary/aromatic N) is 1. The van der Waals surface area contributed by atoms with E-state index >= 15 is 0 Å². The summed E-state index contributed by atoms with van der Waals surface area (Å²) >= 11 is 0. The van der Waals surface area contributed by atoms with Crippen molar-refractivity contribution < 1.29 is 10.0 Å². The van der Waals surface area contributed by atoms with Crippen LogP contribution in [0.15, 0.2) is 24.3 Å². The molecule has 0 bridgehead atoms. The number of nitro benzene ring substituents is 1. The van der Waals surface area contributed by atoms with Gasteiger partial charge in [0.2, 0.25) is 0 Å². The molecular formula is C11H16N2O3. The zero-order chi connectivity index (χ0) is 12.0. The number of hydrogen-bond acceptors (Lipinski definition) is 4. The maximum atomic E-state index is 10.5. The van der Waals surface area contributed by atoms with Gasteiger partial charge >= 0.3 is 0 Å². The molecule has 5 nitrogen and oxygen atoms in total. The lowest BCUT2D eigenvalue weighted by molar-refractivity contribution is -0.384. The predicted molar refractivity (Wildman–Crippen MR) is 61.2 cm³/mol. The van der Waals surface area contributed by atoms with Crippen molar-refractivity contribution in [1.29, 1.82) is 0 Å². The highest BCUT2D eigenvalue weighted by molar-refractivity contribution is 5.33. The topological polar surface area (TPSA) is 75.4 Å². The Kier molecular flexibility index (Phi) is 4.88. The van der Waals surface area contributed by atoms with Crippen LogP contribution in [0.25, 0.3) is 0 Å². The van der Waals surface area contributed by atoms with E-state index in [1.807, 2.05) is 6.92 Å². The van der Waals surface area contributed by atoms with Gasteiger partial charge in [-0.25, -0.2) is 0 Å². The summed E-state index contributed by atoms with van der Waals surface area (Å²) in [5.41, 5.74) is 1.11. The van der Waals surface area contributed by atoms with Crippen LogP contribution in [0, 0.1) is 10.1 Å². The van der Waals surface area contributed by atoms with Gasteiger partial charge in [0, 0.05) is 24.8 Å². The van der Waals surface area contributed by atoms with Gasteiger partial charge in [-0.15, -0.1) is 0 Å². The van der Waals surface area contributed by atoms with Gasteiger partial charge in [-0.2, -0.15) is 0 Å². The molecular weight excluding hydrogens is 208 g/mol. The molecule has 0 radical (unpaired) electrons. The molecule has 88 valence electrons. The zero-order valence-corrected chi connectivity index (χ0v) is 9.22. The third kappa shape index (κ3) is 3.60. The highest BCUT2D eigenvalue weighted by atomic mass is 16.6. The van der Waals surface area contributed by atoms with Gasteiger partial charge in [0.1, 0.15) is 0 Å². The standard InChI is InChI=1S/C11H16N2O3/c1-9(12-7-2-8-14)10-3-5-11(6-4-10)13(15)16/h3-6,9,12,14H,2,7-8H2,1H3. The Morgan fingerprint density at radius 2 is 2.06 bits per heavy atom. The zero-order valence-electron chi connectivity index (χ0n) is 9.22. The number of aliphatic hydroxyl groups is 1. The summed E-state index contributed by atoms with van der Waals surface area (Å²) in [7, 11) is 0. The summed E-state index contributed by atoms with van der Waals surface area (Å²) in [6.45, 7) is 2.88. The molecule has 0 aliphatic carbocycles. The molecule has 0 aliphatic rings. The Labute approximate surface area is 94.3 Å². The molecule has 1 atom stereocenters. The van der Waals surface area contributed by atoms with E-state index in [2.05, 4.69) is 5.32 Å². The molecule has 0 fully saturated rings. The molecule has 1 unspecified atom stereocenters. The lowest BCUT2D eigenvalue weighted by atomic mass is 10.1. The molecule has 1 aromatic carbocycles. The van der Waals surface area contributed by atoms with Crippen LogP contribution < -0.4 is 5.32 Å². The molecule has 0 amide bonds. The molecule has 2 N–H and O–H groups in total. The Balaban J connectivity index is 2.56. The van der Waals surface area contributed by atoms with Crippen LogP contribution in [0.5, 0.6) is 0 Å². The van der Waals surface area contributed by atoms with Gasteiger partial charge in [-0.05, 0) is 25.5 Å². The van der Waals surface area contributed by atoms with E-state index in [4.69, 9.17) is 5.11 Å². The third-order valence-electron chi connectivity index (χ3n) is 2.39. The number of rotatable bonds is 6. The van der Waals surface area contributed by atoms with E-state index in [0.717, 1.165) is 12.1 Å². The SMILES string of the molecule is CC(NCCCO)c1ccc([N+](=O)[O-])cc1. The number of benzene rings is 1. The van der Waals surface area contributed by atoms with Crippen LogP contribution in [-0.2, 0) is 0 Å². The first-order valence-electron chi connectivity index (χ1n) is 5.23. The summed E-state index contributed by atoms with van der Waals surface area (Å²) in [6.07, 6.45) is 0.706. The van der Waals surface area contributed by atoms with E-state index in [0.29, 0.717) is 6.42 Å². The van der Waals surface area contributed by atoms with Crippen molar-refractivity contribution >= 4 is 5.69 Å². The Hall–Kier alpha value is -1.46. The van der Waals surface area contributed by atoms with Gasteiger partial charge < -0.3 is 10.4 Å². The second kappa shape index (κ2) is 6.19. The van der Waals surface area contributed by atoms with Crippen molar-refractivity contribution in [2.75, 3.05) is 13.2 Å². The average Bonchev–Trinajstić information content (AvgIpc) is 2.29. The number of non-ortho nitro benzene ring substituents is 1. The quantitative estimate of drug-likeness (QED) is 0.437. The first-order valence-corrected chi connectivity index (χ1v) is 5.23. The van der Waals surface area contributed by atoms with Crippen LogP contribution in [-0.4, -0.2) is 23.2 Å². The van der Waals surface area contributed by atoms with E-state index in [-0.39, 0.29) is 18.3 Å². The van der Waals surface area contributed by atoms with Gasteiger partial charge in [0.15, 0.2) is 0 Å². The minimum atomic E-state index is -0.409. The van der Waals surface area contributed by atoms with Crippen LogP contribution in [0.4, 0.5) is 5.69 Å². The molecule has 0 aromatic heterocycles. The van der Waals surface area contributed by atoms with E-state index in [9.17, 15) is 10.1 Å². The van der Waals surface area contributed by atoms with Crippen molar-refractivity contribution in [3.8, 4) is 0 Å². The molecule has 16 heavy (non-hydrogen) atoms. The normalized spacial score (nSPS) is 12.4. The highest BCUT2D eigenvalue weighted by Gasteiger charge is 2.07. The summed E-state index contributed by atoms with van der Waals surface area (Å²) in [5, 5.41) is 22.3. The number of nitro groups is 1. The fraction of sp³-hybridized carbons (Fsp3) is 0.455. The molecule has 0 saturated heterocycles. The molecule has 0 spiro atoms. The molecule has 1 rings (SSSR count). The summed E-state index contributed by atoms with van der Waals surface area (Å²) in [6, 6.07) is 6.62. The predicted octanol–water partition coefficient (Wildman–Crippen LogP) is 1.63. The van der Waals surface area contributed by atoms with Gasteiger partial charge in [0.25, 0.3) is 5.69 Å². The smallest absolute Gasteiger partial charge is 0.269 e. The van der Waals surface area contributed by atoms with Crippen molar-refractivity contribution in [1.82, 2.24) is 5.32 Å². The molecule has 5 heteroatoms. The molecule has 0 heterocycles. The van der Waals surface area contributed by atoms with E-state index in [1.54, 1.807) is 12.1 Å². The number of hydrogen-bond donors (Lipinski definition) is 2. The van der Waals surface area contributed by atoms with E-state index in [1.165, 1.54) is 12.1 Å². The Morgan fingerprint density at radius 3 is 2.56 bits per heavy atom. The summed E-state index contributed by atoms with van der Waals surface area (Å²) < 4.78 is 0. The van der Waals surface area contributed by atoms with Gasteiger partial charge in [-0.1, -0.05) is 12.1 Å². The fourth-order valence-electron chi connectivity index (χ4n) is 1.40. The maximum Gasteiger partial charge on any atom is 0.269 e. The van der Waals surface area contributed by atoms with Crippen LogP contribution in [0.3, 0.4) is 0 Å². The largest absolute Gasteiger partial charge is 0.396 e. The molecule has 0 aliphatic heterocycles. The number of aliphatic hydroxyl groups excluding tert-OH is 1. The molecule has 0 saturated carbocycles. The van der Waals surface area contributed by atoms with Crippen molar-refractivity contribution in [2.24, 2.45) is 0 Å². The maximum absolute atomic E-state index is 10.5. The van der Waals surface area contributed by atoms with Crippen LogP contribution >= 0.6 is 0 Å². The summed E-state index contributed by atoms with van der Waals surface area (Å²) in [4.78, 5) is 10.0. The Bertz CT molecular complexity index is 338. The van der Waals surface area contributed by atoms with Gasteiger partial charge in [-0.3, -0.25) is 10.1 Å². The van der Waals surface area contributed by atoms with E-state index < -0.39 is 4.92 Å². The monoisotopic (exact) mass is 224 g/mol. The third-order valence-corrected chi connectivity index (χ3v) is 2.39. The molecule has 1 aromatic rings. The Morgan fingerprint density at radius 1 is 1.44 bits per heavy atom. The minimum Gasteiger partial charge on any atom is -0.396 e. The first kappa shape index (κ1) is 12.6. The lowest BCUT2D eigenvalue weighted by Gasteiger charge is -2.13. The summed E-state index contributed by atoms with van der Waals surface area (Å²) in [5.74, 6) is 0. The minimum absolute atomic E-state index is 0.103. The van der Waals surface area contributed by atoms with Crippen molar-refractivity contribution in [2.45, 2.75) is 19.4 Å². The van der Waals surface area contributed by atoms with Gasteiger partial charge in [0.05, 0.1) is 4.92 Å². The number of nitrogens with one attached hydrogen (secondary N) is 1. The first-order chi connectivity index (χ1) is 7.65. The van der Waals surface area contributed by atoms with Crippen molar-refractivity contribution in [3.05, 3.63) is 39.9 Å². The van der Waals surface area contributed by atoms with Crippen LogP contribution in [0.2, 0.25) is 0 Å². The fourth-order valence-corrected chi connectivity index (χ4v) is 1.40.